The Kier molecular flexibility index (Phi) is 5.43. The normalized spacial score (nSPS) is 12.4. The predicted octanol–water partition coefficient (Wildman–Crippen LogP) is 4.19. The molecule has 1 aromatic heterocycles. The van der Waals surface area contributed by atoms with Gasteiger partial charge in [0, 0.05) is 17.7 Å². The maximum atomic E-state index is 9.96. The van der Waals surface area contributed by atoms with Crippen molar-refractivity contribution < 1.29 is 9.84 Å². The van der Waals surface area contributed by atoms with Crippen molar-refractivity contribution in [2.45, 2.75) is 25.9 Å². The maximum Gasteiger partial charge on any atom is 0.119 e. The number of rotatable bonds is 6. The zero-order valence-corrected chi connectivity index (χ0v) is 13.2. The Morgan fingerprint density at radius 3 is 2.84 bits per heavy atom. The van der Waals surface area contributed by atoms with E-state index in [1.165, 1.54) is 10.4 Å². The molecule has 0 aliphatic carbocycles. The summed E-state index contributed by atoms with van der Waals surface area (Å²) in [7, 11) is 0. The van der Waals surface area contributed by atoms with Gasteiger partial charge in [-0.1, -0.05) is 12.1 Å². The Morgan fingerprint density at radius 1 is 1.32 bits per heavy atom. The summed E-state index contributed by atoms with van der Waals surface area (Å²) in [5.74, 6) is 0.867. The molecule has 19 heavy (non-hydrogen) atoms. The number of aliphatic hydroxyl groups excluding tert-OH is 1. The van der Waals surface area contributed by atoms with Crippen LogP contribution in [0.2, 0.25) is 0 Å². The maximum absolute atomic E-state index is 9.96. The summed E-state index contributed by atoms with van der Waals surface area (Å²) in [6.45, 7) is 2.58. The van der Waals surface area contributed by atoms with Crippen molar-refractivity contribution in [2.24, 2.45) is 0 Å². The summed E-state index contributed by atoms with van der Waals surface area (Å²) in [4.78, 5) is 1.19. The summed E-state index contributed by atoms with van der Waals surface area (Å²) < 4.78 is 6.74. The van der Waals surface area contributed by atoms with Gasteiger partial charge in [0.1, 0.15) is 5.75 Å². The summed E-state index contributed by atoms with van der Waals surface area (Å²) in [6.07, 6.45) is 0.979. The summed E-state index contributed by atoms with van der Waals surface area (Å²) in [5, 5.41) is 9.96. The Bertz CT molecular complexity index is 524. The highest BCUT2D eigenvalue weighted by Crippen LogP contribution is 2.23. The van der Waals surface area contributed by atoms with Gasteiger partial charge in [0.25, 0.3) is 0 Å². The Labute approximate surface area is 126 Å². The fraction of sp³-hybridized carbons (Fsp3) is 0.333. The van der Waals surface area contributed by atoms with Crippen LogP contribution in [0.3, 0.4) is 0 Å². The average Bonchev–Trinajstić information content (AvgIpc) is 2.75. The first-order chi connectivity index (χ1) is 9.13. The summed E-state index contributed by atoms with van der Waals surface area (Å²) in [5.41, 5.74) is 1.18. The molecule has 1 atom stereocenters. The minimum Gasteiger partial charge on any atom is -0.493 e. The summed E-state index contributed by atoms with van der Waals surface area (Å²) >= 11 is 5.09. The van der Waals surface area contributed by atoms with Crippen LogP contribution >= 0.6 is 27.3 Å². The van der Waals surface area contributed by atoms with E-state index in [1.807, 2.05) is 43.3 Å². The van der Waals surface area contributed by atoms with Gasteiger partial charge >= 0.3 is 0 Å². The highest BCUT2D eigenvalue weighted by Gasteiger charge is 2.08. The predicted molar refractivity (Wildman–Crippen MR) is 83.0 cm³/mol. The minimum atomic E-state index is -0.352. The van der Waals surface area contributed by atoms with Crippen LogP contribution < -0.4 is 4.74 Å². The number of hydrogen-bond donors (Lipinski definition) is 1. The average molecular weight is 341 g/mol. The minimum absolute atomic E-state index is 0.352. The lowest BCUT2D eigenvalue weighted by Crippen LogP contribution is -2.14. The molecule has 2 rings (SSSR count). The third-order valence-electron chi connectivity index (χ3n) is 2.78. The zero-order valence-electron chi connectivity index (χ0n) is 10.8. The van der Waals surface area contributed by atoms with Crippen molar-refractivity contribution >= 4 is 27.3 Å². The van der Waals surface area contributed by atoms with E-state index in [9.17, 15) is 5.11 Å². The number of ether oxygens (including phenoxy) is 1. The number of aryl methyl sites for hydroxylation is 1. The lowest BCUT2D eigenvalue weighted by atomic mass is 10.2. The second-order valence-electron chi connectivity index (χ2n) is 4.52. The molecule has 1 aromatic carbocycles. The van der Waals surface area contributed by atoms with E-state index in [4.69, 9.17) is 4.74 Å². The van der Waals surface area contributed by atoms with Crippen LogP contribution in [-0.2, 0) is 6.42 Å². The smallest absolute Gasteiger partial charge is 0.119 e. The van der Waals surface area contributed by atoms with E-state index < -0.39 is 0 Å². The molecule has 0 radical (unpaired) electrons. The lowest BCUT2D eigenvalue weighted by Gasteiger charge is -2.11. The van der Waals surface area contributed by atoms with E-state index >= 15 is 0 Å². The molecular formula is C15H17BrO2S. The van der Waals surface area contributed by atoms with E-state index in [0.29, 0.717) is 19.4 Å². The zero-order chi connectivity index (χ0) is 13.7. The molecule has 0 aliphatic heterocycles. The summed E-state index contributed by atoms with van der Waals surface area (Å²) in [6, 6.07) is 12.0. The molecule has 2 nitrogen and oxygen atoms in total. The van der Waals surface area contributed by atoms with Gasteiger partial charge < -0.3 is 9.84 Å². The number of hydrogen-bond acceptors (Lipinski definition) is 3. The van der Waals surface area contributed by atoms with Gasteiger partial charge in [-0.05, 0) is 52.7 Å². The van der Waals surface area contributed by atoms with Crippen molar-refractivity contribution in [3.63, 3.8) is 0 Å². The molecule has 0 saturated heterocycles. The first-order valence-electron chi connectivity index (χ1n) is 6.25. The van der Waals surface area contributed by atoms with Crippen molar-refractivity contribution in [1.82, 2.24) is 0 Å². The first-order valence-corrected chi connectivity index (χ1v) is 7.86. The number of thiophene rings is 1. The monoisotopic (exact) mass is 340 g/mol. The number of aliphatic hydroxyl groups is 1. The van der Waals surface area contributed by atoms with Gasteiger partial charge in [0.15, 0.2) is 0 Å². The lowest BCUT2D eigenvalue weighted by molar-refractivity contribution is 0.140. The molecule has 1 heterocycles. The molecule has 1 N–H and O–H groups in total. The van der Waals surface area contributed by atoms with Crippen LogP contribution in [0, 0.1) is 6.92 Å². The fourth-order valence-corrected chi connectivity index (χ4v) is 3.37. The van der Waals surface area contributed by atoms with Crippen LogP contribution in [-0.4, -0.2) is 17.8 Å². The van der Waals surface area contributed by atoms with Crippen molar-refractivity contribution in [2.75, 3.05) is 6.61 Å². The molecule has 0 aliphatic rings. The third-order valence-corrected chi connectivity index (χ3v) is 4.42. The van der Waals surface area contributed by atoms with E-state index in [1.54, 1.807) is 11.3 Å². The molecule has 0 spiro atoms. The molecule has 1 unspecified atom stereocenters. The molecule has 4 heteroatoms. The topological polar surface area (TPSA) is 29.5 Å². The van der Waals surface area contributed by atoms with Crippen LogP contribution in [0.1, 0.15) is 16.9 Å². The molecule has 0 fully saturated rings. The first kappa shape index (κ1) is 14.6. The number of halogens is 1. The van der Waals surface area contributed by atoms with Gasteiger partial charge in [-0.2, -0.15) is 0 Å². The second kappa shape index (κ2) is 7.08. The molecule has 102 valence electrons. The van der Waals surface area contributed by atoms with Crippen molar-refractivity contribution in [1.29, 1.82) is 0 Å². The van der Waals surface area contributed by atoms with Crippen LogP contribution in [0.25, 0.3) is 0 Å². The molecule has 2 aromatic rings. The van der Waals surface area contributed by atoms with Gasteiger partial charge in [0.2, 0.25) is 0 Å². The quantitative estimate of drug-likeness (QED) is 0.854. The van der Waals surface area contributed by atoms with Crippen LogP contribution in [0.5, 0.6) is 5.75 Å². The van der Waals surface area contributed by atoms with Crippen molar-refractivity contribution in [3.8, 4) is 5.75 Å². The fourth-order valence-electron chi connectivity index (χ4n) is 1.81. The van der Waals surface area contributed by atoms with Crippen LogP contribution in [0.15, 0.2) is 40.2 Å². The SMILES string of the molecule is Cc1cccc(OCCC(O)Cc2ccc(Br)s2)c1. The second-order valence-corrected chi connectivity index (χ2v) is 7.06. The Morgan fingerprint density at radius 2 is 2.16 bits per heavy atom. The highest BCUT2D eigenvalue weighted by atomic mass is 79.9. The third kappa shape index (κ3) is 4.97. The van der Waals surface area contributed by atoms with Crippen molar-refractivity contribution in [3.05, 3.63) is 50.6 Å². The van der Waals surface area contributed by atoms with Gasteiger partial charge in [-0.15, -0.1) is 11.3 Å². The Balaban J connectivity index is 1.73. The Hall–Kier alpha value is -0.840. The van der Waals surface area contributed by atoms with Crippen LogP contribution in [0.4, 0.5) is 0 Å². The van der Waals surface area contributed by atoms with Gasteiger partial charge in [0.05, 0.1) is 16.5 Å². The standard InChI is InChI=1S/C15H17BrO2S/c1-11-3-2-4-13(9-11)18-8-7-12(17)10-14-5-6-15(16)19-14/h2-6,9,12,17H,7-8,10H2,1H3. The molecule has 0 amide bonds. The van der Waals surface area contributed by atoms with Gasteiger partial charge in [-0.25, -0.2) is 0 Å². The highest BCUT2D eigenvalue weighted by molar-refractivity contribution is 9.11. The molecular weight excluding hydrogens is 324 g/mol. The van der Waals surface area contributed by atoms with Gasteiger partial charge in [-0.3, -0.25) is 0 Å². The number of benzene rings is 1. The van der Waals surface area contributed by atoms with E-state index in [-0.39, 0.29) is 6.10 Å². The van der Waals surface area contributed by atoms with E-state index in [0.717, 1.165) is 9.54 Å². The largest absolute Gasteiger partial charge is 0.493 e. The molecule has 0 bridgehead atoms. The van der Waals surface area contributed by atoms with E-state index in [2.05, 4.69) is 15.9 Å². The molecule has 0 saturated carbocycles.